The van der Waals surface area contributed by atoms with Gasteiger partial charge in [-0.3, -0.25) is 0 Å². The molecule has 0 aromatic carbocycles. The highest BCUT2D eigenvalue weighted by Gasteiger charge is 2.69. The third-order valence-corrected chi connectivity index (χ3v) is 20.0. The van der Waals surface area contributed by atoms with Gasteiger partial charge in [-0.15, -0.1) is 0 Å². The number of ether oxygens (including phenoxy) is 10. The zero-order chi connectivity index (χ0) is 51.3. The molecular weight excluding hydrogens is 953 g/mol. The van der Waals surface area contributed by atoms with Crippen molar-refractivity contribution >= 4 is 0 Å². The SMILES string of the molecule is C[C@H]1CC[C@@]2(OC1)O[C@H]1C[C@@H]3[C@@H]4CC[C@@H]5C[C@H](O[C@@H]6O[C@H](CO)[C@@H](O[C@@H]7O[C@H](CO)[C@@H](O)[C@H](O[C@@H]8OC[C@@H](O)[C@H](O)[C@H]8O)[C@H]7O[C@@H]7O[C@H](CO)[C@@H](O)[C@H](O)[C@H]7O)[C@H](O)[C@H]6O)CC[C@]5(C)[C@H]4CC[C@]3(C)[C@H]1[C@@H]2C. The normalized spacial score (nSPS) is 57.8. The molecule has 6 heterocycles. The summed E-state index contributed by atoms with van der Waals surface area (Å²) in [5.41, 5.74) is 0.293. The van der Waals surface area contributed by atoms with E-state index in [4.69, 9.17) is 47.4 Å². The smallest absolute Gasteiger partial charge is 0.187 e. The van der Waals surface area contributed by atoms with E-state index in [2.05, 4.69) is 27.7 Å². The third-order valence-electron chi connectivity index (χ3n) is 20.0. The summed E-state index contributed by atoms with van der Waals surface area (Å²) in [6.07, 6.45) is -22.9. The van der Waals surface area contributed by atoms with E-state index in [0.717, 1.165) is 51.6 Å². The highest BCUT2D eigenvalue weighted by molar-refractivity contribution is 5.15. The molecule has 0 radical (unpaired) electrons. The first kappa shape index (κ1) is 54.5. The quantitative estimate of drug-likeness (QED) is 0.0971. The first-order valence-corrected chi connectivity index (χ1v) is 26.7. The minimum absolute atomic E-state index is 0.0916. The summed E-state index contributed by atoms with van der Waals surface area (Å²) in [7, 11) is 0. The zero-order valence-corrected chi connectivity index (χ0v) is 41.7. The van der Waals surface area contributed by atoms with Crippen LogP contribution < -0.4 is 0 Å². The number of rotatable bonds is 11. The molecule has 12 N–H and O–H groups in total. The molecule has 414 valence electrons. The lowest BCUT2D eigenvalue weighted by Crippen LogP contribution is -2.68. The maximum atomic E-state index is 11.8. The summed E-state index contributed by atoms with van der Waals surface area (Å²) in [6, 6.07) is 0. The maximum absolute atomic E-state index is 11.8. The van der Waals surface area contributed by atoms with Crippen LogP contribution in [0, 0.1) is 52.3 Å². The van der Waals surface area contributed by atoms with Gasteiger partial charge in [-0.1, -0.05) is 27.7 Å². The minimum atomic E-state index is -2.00. The summed E-state index contributed by atoms with van der Waals surface area (Å²) in [4.78, 5) is 0. The molecule has 0 aromatic rings. The van der Waals surface area contributed by atoms with E-state index < -0.39 is 149 Å². The molecule has 72 heavy (non-hydrogen) atoms. The molecule has 0 aromatic heterocycles. The largest absolute Gasteiger partial charge is 0.394 e. The monoisotopic (exact) mass is 1030 g/mol. The van der Waals surface area contributed by atoms with Crippen LogP contribution in [0.1, 0.15) is 91.9 Å². The molecule has 31 atom stereocenters. The van der Waals surface area contributed by atoms with E-state index in [1.54, 1.807) is 0 Å². The second kappa shape index (κ2) is 21.1. The van der Waals surface area contributed by atoms with Crippen molar-refractivity contribution in [3.8, 4) is 0 Å². The fourth-order valence-electron chi connectivity index (χ4n) is 15.9. The van der Waals surface area contributed by atoms with E-state index in [9.17, 15) is 61.3 Å². The van der Waals surface area contributed by atoms with Crippen molar-refractivity contribution in [2.75, 3.05) is 33.0 Å². The lowest BCUT2D eigenvalue weighted by Gasteiger charge is -2.61. The average molecular weight is 1040 g/mol. The summed E-state index contributed by atoms with van der Waals surface area (Å²) >= 11 is 0. The number of hydrogen-bond acceptors (Lipinski definition) is 22. The Morgan fingerprint density at radius 2 is 1.14 bits per heavy atom. The van der Waals surface area contributed by atoms with Crippen molar-refractivity contribution < 1.29 is 109 Å². The van der Waals surface area contributed by atoms with Crippen molar-refractivity contribution in [2.24, 2.45) is 52.3 Å². The zero-order valence-electron chi connectivity index (χ0n) is 41.7. The Kier molecular flexibility index (Phi) is 15.9. The fourth-order valence-corrected chi connectivity index (χ4v) is 15.9. The maximum Gasteiger partial charge on any atom is 0.187 e. The van der Waals surface area contributed by atoms with Crippen LogP contribution in [0.5, 0.6) is 0 Å². The van der Waals surface area contributed by atoms with Crippen molar-refractivity contribution in [1.29, 1.82) is 0 Å². The van der Waals surface area contributed by atoms with Gasteiger partial charge in [-0.2, -0.15) is 0 Å². The Labute approximate surface area is 419 Å². The minimum Gasteiger partial charge on any atom is -0.394 e. The summed E-state index contributed by atoms with van der Waals surface area (Å²) < 4.78 is 61.4. The van der Waals surface area contributed by atoms with Gasteiger partial charge >= 0.3 is 0 Å². The van der Waals surface area contributed by atoms with Crippen LogP contribution in [0.25, 0.3) is 0 Å². The molecule has 0 unspecified atom stereocenters. The van der Waals surface area contributed by atoms with E-state index in [1.807, 2.05) is 0 Å². The molecule has 6 aliphatic heterocycles. The third kappa shape index (κ3) is 9.26. The second-order valence-corrected chi connectivity index (χ2v) is 23.9. The molecule has 6 saturated heterocycles. The predicted molar refractivity (Wildman–Crippen MR) is 242 cm³/mol. The number of hydrogen-bond donors (Lipinski definition) is 12. The van der Waals surface area contributed by atoms with Gasteiger partial charge in [0, 0.05) is 12.3 Å². The van der Waals surface area contributed by atoms with Gasteiger partial charge < -0.3 is 109 Å². The summed E-state index contributed by atoms with van der Waals surface area (Å²) in [5, 5.41) is 129. The van der Waals surface area contributed by atoms with Crippen molar-refractivity contribution in [3.05, 3.63) is 0 Å². The van der Waals surface area contributed by atoms with Crippen LogP contribution in [0.15, 0.2) is 0 Å². The van der Waals surface area contributed by atoms with Crippen molar-refractivity contribution in [1.82, 2.24) is 0 Å². The Balaban J connectivity index is 0.812. The van der Waals surface area contributed by atoms with Gasteiger partial charge in [0.2, 0.25) is 0 Å². The van der Waals surface area contributed by atoms with E-state index in [-0.39, 0.29) is 23.0 Å². The lowest BCUT2D eigenvalue weighted by molar-refractivity contribution is -0.404. The van der Waals surface area contributed by atoms with Crippen LogP contribution in [0.2, 0.25) is 0 Å². The topological polar surface area (TPSA) is 335 Å². The van der Waals surface area contributed by atoms with E-state index >= 15 is 0 Å². The Bertz CT molecular complexity index is 1830. The van der Waals surface area contributed by atoms with Crippen LogP contribution in [0.3, 0.4) is 0 Å². The van der Waals surface area contributed by atoms with Gasteiger partial charge in [0.05, 0.1) is 45.2 Å². The molecule has 22 heteroatoms. The molecule has 10 fully saturated rings. The highest BCUT2D eigenvalue weighted by atomic mass is 16.8. The standard InChI is InChI=1S/C50H82O22/c1-20-7-12-50(64-18-20)21(2)32-28(72-50)14-26-24-6-5-22-13-23(8-10-48(22,3)25(24)9-11-49(26,32)4)65-45-40(62)37(59)41(31(17-53)68-45)69-47-43(71-46-39(61)36(58)34(56)29(15-51)66-46)42(35(57)30(16-52)67-47)70-44-38(60)33(55)27(54)19-63-44/h20-47,51-62H,5-19H2,1-4H3/t20-,21-,22+,23+,24+,25-,26+,27+,28-,29+,30+,31+,32-,33-,34+,35+,36-,37+,38+,39+,40+,41+,42-,43+,44-,45+,46-,47-,48-,49-,50+/m0/s1. The van der Waals surface area contributed by atoms with Gasteiger partial charge in [0.25, 0.3) is 0 Å². The predicted octanol–water partition coefficient (Wildman–Crippen LogP) is -2.27. The molecule has 4 aliphatic carbocycles. The average Bonchev–Trinajstić information content (AvgIpc) is 3.82. The van der Waals surface area contributed by atoms with Gasteiger partial charge in [0.15, 0.2) is 30.9 Å². The molecule has 1 spiro atoms. The van der Waals surface area contributed by atoms with Gasteiger partial charge in [-0.25, -0.2) is 0 Å². The Morgan fingerprint density at radius 3 is 1.85 bits per heavy atom. The molecule has 10 aliphatic rings. The number of fused-ring (bicyclic) bond motifs is 7. The number of aliphatic hydroxyl groups is 12. The molecular formula is C50H82O22. The molecule has 0 amide bonds. The Hall–Kier alpha value is -0.880. The Morgan fingerprint density at radius 1 is 0.514 bits per heavy atom. The van der Waals surface area contributed by atoms with Crippen LogP contribution in [-0.2, 0) is 47.4 Å². The van der Waals surface area contributed by atoms with Crippen LogP contribution in [-0.4, -0.2) is 229 Å². The van der Waals surface area contributed by atoms with Crippen molar-refractivity contribution in [2.45, 2.75) is 227 Å². The molecule has 0 bridgehead atoms. The first-order valence-electron chi connectivity index (χ1n) is 26.7. The summed E-state index contributed by atoms with van der Waals surface area (Å²) in [6.45, 7) is 7.42. The van der Waals surface area contributed by atoms with Crippen LogP contribution in [0.4, 0.5) is 0 Å². The first-order chi connectivity index (χ1) is 34.3. The molecule has 4 saturated carbocycles. The molecule has 10 rings (SSSR count). The van der Waals surface area contributed by atoms with Gasteiger partial charge in [0.1, 0.15) is 91.6 Å². The van der Waals surface area contributed by atoms with Gasteiger partial charge in [-0.05, 0) is 104 Å². The second-order valence-electron chi connectivity index (χ2n) is 23.9. The number of aliphatic hydroxyl groups excluding tert-OH is 12. The van der Waals surface area contributed by atoms with Crippen molar-refractivity contribution in [3.63, 3.8) is 0 Å². The molecule has 22 nitrogen and oxygen atoms in total. The lowest BCUT2D eigenvalue weighted by atomic mass is 9.44. The summed E-state index contributed by atoms with van der Waals surface area (Å²) in [5.74, 6) is 3.06. The van der Waals surface area contributed by atoms with E-state index in [0.29, 0.717) is 47.8 Å². The highest BCUT2D eigenvalue weighted by Crippen LogP contribution is 2.71. The van der Waals surface area contributed by atoms with E-state index in [1.165, 1.54) is 12.8 Å². The fraction of sp³-hybridized carbons (Fsp3) is 1.00. The van der Waals surface area contributed by atoms with Crippen LogP contribution >= 0.6 is 0 Å².